The lowest BCUT2D eigenvalue weighted by Gasteiger charge is -2.20. The summed E-state index contributed by atoms with van der Waals surface area (Å²) in [6, 6.07) is 0. The minimum Gasteiger partial charge on any atom is -0.348 e. The Morgan fingerprint density at radius 1 is 1.64 bits per heavy atom. The van der Waals surface area contributed by atoms with Crippen LogP contribution >= 0.6 is 0 Å². The van der Waals surface area contributed by atoms with E-state index in [4.69, 9.17) is 0 Å². The molecule has 0 radical (unpaired) electrons. The van der Waals surface area contributed by atoms with E-state index in [-0.39, 0.29) is 5.91 Å². The second-order valence-electron chi connectivity index (χ2n) is 2.62. The summed E-state index contributed by atoms with van der Waals surface area (Å²) in [5.41, 5.74) is 0.609. The van der Waals surface area contributed by atoms with Gasteiger partial charge in [-0.05, 0) is 0 Å². The molecule has 0 fully saturated rings. The Balaban J connectivity index is 2.80. The zero-order valence-electron chi connectivity index (χ0n) is 6.72. The zero-order chi connectivity index (χ0) is 8.43. The highest BCUT2D eigenvalue weighted by Gasteiger charge is 2.14. The number of carbonyl (C=O) groups is 1. The van der Waals surface area contributed by atoms with E-state index in [1.165, 1.54) is 0 Å². The number of nitrogens with zero attached hydrogens (tertiary/aromatic N) is 2. The first-order valence-corrected chi connectivity index (χ1v) is 3.33. The fraction of sp³-hybridized carbons (Fsp3) is 0.429. The van der Waals surface area contributed by atoms with Crippen LogP contribution in [0.15, 0.2) is 17.3 Å². The molecule has 0 saturated heterocycles. The minimum atomic E-state index is -0.0475. The lowest BCUT2D eigenvalue weighted by Crippen LogP contribution is -2.42. The van der Waals surface area contributed by atoms with Crippen molar-refractivity contribution in [1.82, 2.24) is 10.2 Å². The Labute approximate surface area is 65.6 Å². The summed E-state index contributed by atoms with van der Waals surface area (Å²) in [7, 11) is 3.63. The second kappa shape index (κ2) is 2.74. The third-order valence-electron chi connectivity index (χ3n) is 1.30. The Kier molecular flexibility index (Phi) is 1.94. The summed E-state index contributed by atoms with van der Waals surface area (Å²) in [5.74, 6) is 0.514. The lowest BCUT2D eigenvalue weighted by molar-refractivity contribution is -0.119. The summed E-state index contributed by atoms with van der Waals surface area (Å²) < 4.78 is 0. The van der Waals surface area contributed by atoms with Crippen molar-refractivity contribution in [1.29, 1.82) is 0 Å². The fourth-order valence-corrected chi connectivity index (χ4v) is 0.783. The molecule has 0 aromatic heterocycles. The highest BCUT2D eigenvalue weighted by molar-refractivity contribution is 6.00. The number of nitrogens with one attached hydrogen (secondary N) is 1. The maximum Gasteiger partial charge on any atom is 0.232 e. The second-order valence-corrected chi connectivity index (χ2v) is 2.62. The molecule has 0 saturated carbocycles. The van der Waals surface area contributed by atoms with Crippen LogP contribution in [0.5, 0.6) is 0 Å². The molecular weight excluding hydrogens is 142 g/mol. The van der Waals surface area contributed by atoms with E-state index in [0.29, 0.717) is 18.1 Å². The van der Waals surface area contributed by atoms with Crippen LogP contribution in [0.1, 0.15) is 6.42 Å². The predicted molar refractivity (Wildman–Crippen MR) is 43.0 cm³/mol. The molecule has 11 heavy (non-hydrogen) atoms. The molecule has 1 aliphatic heterocycles. The van der Waals surface area contributed by atoms with Crippen molar-refractivity contribution >= 4 is 11.9 Å². The van der Waals surface area contributed by atoms with Crippen molar-refractivity contribution in [3.63, 3.8) is 0 Å². The van der Waals surface area contributed by atoms with E-state index in [1.807, 2.05) is 14.1 Å². The average Bonchev–Trinajstić information content (AvgIpc) is 1.85. The van der Waals surface area contributed by atoms with Crippen molar-refractivity contribution in [3.05, 3.63) is 12.3 Å². The third kappa shape index (κ3) is 1.80. The number of guanidine groups is 1. The molecule has 1 amide bonds. The molecule has 0 unspecified atom stereocenters. The quantitative estimate of drug-likeness (QED) is 0.529. The first kappa shape index (κ1) is 7.78. The molecule has 0 atom stereocenters. The normalized spacial score (nSPS) is 17.5. The van der Waals surface area contributed by atoms with E-state index in [9.17, 15) is 4.79 Å². The van der Waals surface area contributed by atoms with Gasteiger partial charge in [0.25, 0.3) is 0 Å². The van der Waals surface area contributed by atoms with Gasteiger partial charge in [-0.15, -0.1) is 0 Å². The van der Waals surface area contributed by atoms with E-state index >= 15 is 0 Å². The SMILES string of the molecule is C=C1CC(=O)NC(N(C)C)=N1. The van der Waals surface area contributed by atoms with Gasteiger partial charge in [0.05, 0.1) is 6.42 Å². The van der Waals surface area contributed by atoms with Crippen LogP contribution in [-0.2, 0) is 4.79 Å². The number of hydrogen-bond acceptors (Lipinski definition) is 3. The standard InChI is InChI=1S/C7H11N3O/c1-5-4-6(11)9-7(8-5)10(2)3/h1,4H2,2-3H3,(H,8,9,11). The first-order chi connectivity index (χ1) is 5.09. The molecule has 60 valence electrons. The van der Waals surface area contributed by atoms with Gasteiger partial charge >= 0.3 is 0 Å². The molecule has 0 aromatic rings. The zero-order valence-corrected chi connectivity index (χ0v) is 6.72. The largest absolute Gasteiger partial charge is 0.348 e. The number of carbonyl (C=O) groups excluding carboxylic acids is 1. The number of rotatable bonds is 0. The molecule has 4 nitrogen and oxygen atoms in total. The number of hydrogen-bond donors (Lipinski definition) is 1. The lowest BCUT2D eigenvalue weighted by atomic mass is 10.3. The van der Waals surface area contributed by atoms with Gasteiger partial charge in [-0.3, -0.25) is 10.1 Å². The van der Waals surface area contributed by atoms with Crippen LogP contribution in [0.2, 0.25) is 0 Å². The van der Waals surface area contributed by atoms with Crippen LogP contribution in [0.25, 0.3) is 0 Å². The van der Waals surface area contributed by atoms with Gasteiger partial charge in [0.2, 0.25) is 11.9 Å². The van der Waals surface area contributed by atoms with Gasteiger partial charge in [0.1, 0.15) is 0 Å². The van der Waals surface area contributed by atoms with Crippen molar-refractivity contribution in [2.75, 3.05) is 14.1 Å². The summed E-state index contributed by atoms with van der Waals surface area (Å²) in [5, 5.41) is 2.62. The Morgan fingerprint density at radius 3 is 2.73 bits per heavy atom. The smallest absolute Gasteiger partial charge is 0.232 e. The van der Waals surface area contributed by atoms with Crippen molar-refractivity contribution in [2.45, 2.75) is 6.42 Å². The van der Waals surface area contributed by atoms with Crippen molar-refractivity contribution in [2.24, 2.45) is 4.99 Å². The highest BCUT2D eigenvalue weighted by Crippen LogP contribution is 2.05. The Hall–Kier alpha value is -1.32. The molecule has 0 bridgehead atoms. The van der Waals surface area contributed by atoms with Crippen molar-refractivity contribution in [3.8, 4) is 0 Å². The van der Waals surface area contributed by atoms with E-state index in [2.05, 4.69) is 16.9 Å². The molecule has 0 aliphatic carbocycles. The van der Waals surface area contributed by atoms with Crippen LogP contribution in [-0.4, -0.2) is 30.9 Å². The molecule has 4 heteroatoms. The first-order valence-electron chi connectivity index (χ1n) is 3.33. The summed E-state index contributed by atoms with van der Waals surface area (Å²) in [4.78, 5) is 16.7. The third-order valence-corrected chi connectivity index (χ3v) is 1.30. The number of amides is 1. The summed E-state index contributed by atoms with van der Waals surface area (Å²) >= 11 is 0. The van der Waals surface area contributed by atoms with Crippen LogP contribution < -0.4 is 5.32 Å². The van der Waals surface area contributed by atoms with Gasteiger partial charge in [0.15, 0.2) is 0 Å². The topological polar surface area (TPSA) is 44.7 Å². The maximum atomic E-state index is 10.9. The molecule has 0 spiro atoms. The molecule has 1 aliphatic rings. The summed E-state index contributed by atoms with van der Waals surface area (Å²) in [6.45, 7) is 3.62. The fourth-order valence-electron chi connectivity index (χ4n) is 0.783. The highest BCUT2D eigenvalue weighted by atomic mass is 16.1. The van der Waals surface area contributed by atoms with E-state index < -0.39 is 0 Å². The monoisotopic (exact) mass is 153 g/mol. The van der Waals surface area contributed by atoms with Gasteiger partial charge in [-0.2, -0.15) is 0 Å². The van der Waals surface area contributed by atoms with Gasteiger partial charge in [-0.1, -0.05) is 6.58 Å². The number of aliphatic imine (C=N–C) groups is 1. The van der Waals surface area contributed by atoms with Gasteiger partial charge < -0.3 is 4.90 Å². The van der Waals surface area contributed by atoms with Crippen molar-refractivity contribution < 1.29 is 4.79 Å². The van der Waals surface area contributed by atoms with E-state index in [1.54, 1.807) is 4.90 Å². The molecule has 0 aromatic carbocycles. The molecular formula is C7H11N3O. The van der Waals surface area contributed by atoms with Gasteiger partial charge in [-0.25, -0.2) is 4.99 Å². The van der Waals surface area contributed by atoms with Crippen LogP contribution in [0, 0.1) is 0 Å². The maximum absolute atomic E-state index is 10.9. The predicted octanol–water partition coefficient (Wildman–Crippen LogP) is -0.0624. The Bertz CT molecular complexity index is 230. The average molecular weight is 153 g/mol. The molecule has 1 heterocycles. The van der Waals surface area contributed by atoms with Crippen LogP contribution in [0.4, 0.5) is 0 Å². The molecule has 1 rings (SSSR count). The minimum absolute atomic E-state index is 0.0475. The summed E-state index contributed by atoms with van der Waals surface area (Å²) in [6.07, 6.45) is 0.303. The molecule has 1 N–H and O–H groups in total. The van der Waals surface area contributed by atoms with Crippen LogP contribution in [0.3, 0.4) is 0 Å². The van der Waals surface area contributed by atoms with E-state index in [0.717, 1.165) is 0 Å². The van der Waals surface area contributed by atoms with Gasteiger partial charge in [0, 0.05) is 19.8 Å². The Morgan fingerprint density at radius 2 is 2.27 bits per heavy atom.